The van der Waals surface area contributed by atoms with Crippen LogP contribution in [0.4, 0.5) is 10.5 Å². The second-order valence-corrected chi connectivity index (χ2v) is 11.8. The van der Waals surface area contributed by atoms with Crippen molar-refractivity contribution in [1.29, 1.82) is 0 Å². The van der Waals surface area contributed by atoms with Gasteiger partial charge in [-0.3, -0.25) is 4.79 Å². The maximum absolute atomic E-state index is 12.7. The number of pyridine rings is 1. The van der Waals surface area contributed by atoms with Crippen molar-refractivity contribution < 1.29 is 18.3 Å². The van der Waals surface area contributed by atoms with Crippen LogP contribution < -0.4 is 15.6 Å². The first-order valence-electron chi connectivity index (χ1n) is 9.41. The molecule has 13 heteroatoms. The van der Waals surface area contributed by atoms with Gasteiger partial charge in [0.1, 0.15) is 4.21 Å². The third kappa shape index (κ3) is 4.89. The van der Waals surface area contributed by atoms with Gasteiger partial charge in [-0.15, -0.1) is 23.1 Å². The molecule has 176 valence electrons. The number of nitrogens with one attached hydrogen (secondary N) is 2. The maximum atomic E-state index is 12.7. The molecule has 0 saturated carbocycles. The molecule has 0 aliphatic rings. The van der Waals surface area contributed by atoms with Gasteiger partial charge < -0.3 is 10.4 Å². The van der Waals surface area contributed by atoms with Gasteiger partial charge in [-0.2, -0.15) is 0 Å². The summed E-state index contributed by atoms with van der Waals surface area (Å²) in [5.74, 6) is -0.278. The summed E-state index contributed by atoms with van der Waals surface area (Å²) in [6.07, 6.45) is 1.90. The fourth-order valence-electron chi connectivity index (χ4n) is 3.17. The van der Waals surface area contributed by atoms with Crippen LogP contribution in [0.1, 0.15) is 0 Å². The molecule has 2 heterocycles. The second kappa shape index (κ2) is 9.51. The number of benzene rings is 2. The molecule has 0 aliphatic carbocycles. The molecule has 0 atom stereocenters. The number of aromatic nitrogens is 1. The maximum Gasteiger partial charge on any atom is 0.333 e. The number of urea groups is 1. The van der Waals surface area contributed by atoms with Gasteiger partial charge in [0.2, 0.25) is 5.88 Å². The van der Waals surface area contributed by atoms with Crippen molar-refractivity contribution >= 4 is 78.8 Å². The van der Waals surface area contributed by atoms with Gasteiger partial charge in [0.15, 0.2) is 0 Å². The van der Waals surface area contributed by atoms with Gasteiger partial charge in [0.05, 0.1) is 15.0 Å². The molecule has 34 heavy (non-hydrogen) atoms. The number of halogens is 2. The van der Waals surface area contributed by atoms with Crippen LogP contribution in [0.2, 0.25) is 9.36 Å². The molecule has 2 aromatic carbocycles. The van der Waals surface area contributed by atoms with Gasteiger partial charge in [-0.1, -0.05) is 29.3 Å². The minimum absolute atomic E-state index is 0.0449. The molecule has 0 saturated heterocycles. The lowest BCUT2D eigenvalue weighted by atomic mass is 10.1. The number of rotatable bonds is 5. The first-order chi connectivity index (χ1) is 16.1. The summed E-state index contributed by atoms with van der Waals surface area (Å²) in [6.45, 7) is 0. The molecule has 2 aromatic heterocycles. The Morgan fingerprint density at radius 2 is 1.85 bits per heavy atom. The zero-order chi connectivity index (χ0) is 24.6. The molecule has 8 nitrogen and oxygen atoms in total. The highest BCUT2D eigenvalue weighted by molar-refractivity contribution is 7.98. The number of carbonyl (C=O) groups is 1. The molecule has 4 rings (SSSR count). The SMILES string of the molecule is CSc1ccc2cc(=O)n(-c3ccc(NC(=O)NS(=O)(=O)c4ccc(Cl)s4)cc3Cl)c(O)c2c1. The number of thioether (sulfide) groups is 1. The van der Waals surface area contributed by atoms with Crippen LogP contribution >= 0.6 is 46.3 Å². The fraction of sp³-hybridized carbons (Fsp3) is 0.0476. The van der Waals surface area contributed by atoms with Crippen LogP contribution in [0.5, 0.6) is 5.88 Å². The molecule has 0 spiro atoms. The molecular weight excluding hydrogens is 541 g/mol. The molecule has 3 N–H and O–H groups in total. The molecule has 4 aromatic rings. The number of amides is 2. The van der Waals surface area contributed by atoms with Gasteiger partial charge >= 0.3 is 6.03 Å². The van der Waals surface area contributed by atoms with E-state index in [1.54, 1.807) is 12.1 Å². The van der Waals surface area contributed by atoms with Crippen molar-refractivity contribution in [2.75, 3.05) is 11.6 Å². The van der Waals surface area contributed by atoms with Crippen molar-refractivity contribution in [3.05, 3.63) is 74.3 Å². The van der Waals surface area contributed by atoms with Crippen LogP contribution in [0.25, 0.3) is 16.5 Å². The largest absolute Gasteiger partial charge is 0.494 e. The first kappa shape index (κ1) is 24.4. The summed E-state index contributed by atoms with van der Waals surface area (Å²) in [5.41, 5.74) is -0.140. The zero-order valence-corrected chi connectivity index (χ0v) is 21.2. The second-order valence-electron chi connectivity index (χ2n) is 6.88. The number of carbonyl (C=O) groups excluding carboxylic acids is 1. The Kier molecular flexibility index (Phi) is 6.83. The molecule has 0 radical (unpaired) electrons. The van der Waals surface area contributed by atoms with Crippen LogP contribution in [0, 0.1) is 0 Å². The van der Waals surface area contributed by atoms with Crippen molar-refractivity contribution in [2.24, 2.45) is 0 Å². The Bertz CT molecular complexity index is 1600. The number of aromatic hydroxyl groups is 1. The summed E-state index contributed by atoms with van der Waals surface area (Å²) in [5, 5.41) is 14.3. The van der Waals surface area contributed by atoms with E-state index in [0.717, 1.165) is 20.8 Å². The van der Waals surface area contributed by atoms with Crippen LogP contribution in [-0.4, -0.2) is 30.4 Å². The van der Waals surface area contributed by atoms with Crippen LogP contribution in [-0.2, 0) is 10.0 Å². The van der Waals surface area contributed by atoms with Crippen molar-refractivity contribution in [3.8, 4) is 11.6 Å². The lowest BCUT2D eigenvalue weighted by molar-refractivity contribution is 0.256. The van der Waals surface area contributed by atoms with E-state index in [1.807, 2.05) is 17.0 Å². The molecular formula is C21H15Cl2N3O5S3. The van der Waals surface area contributed by atoms with Crippen molar-refractivity contribution in [3.63, 3.8) is 0 Å². The Balaban J connectivity index is 1.62. The van der Waals surface area contributed by atoms with Crippen molar-refractivity contribution in [2.45, 2.75) is 9.10 Å². The van der Waals surface area contributed by atoms with E-state index in [2.05, 4.69) is 5.32 Å². The highest BCUT2D eigenvalue weighted by Crippen LogP contribution is 2.32. The third-order valence-corrected chi connectivity index (χ3v) is 8.78. The van der Waals surface area contributed by atoms with E-state index in [-0.39, 0.29) is 30.8 Å². The van der Waals surface area contributed by atoms with E-state index < -0.39 is 21.6 Å². The topological polar surface area (TPSA) is 118 Å². The molecule has 0 aliphatic heterocycles. The van der Waals surface area contributed by atoms with Crippen LogP contribution in [0.15, 0.2) is 68.5 Å². The lowest BCUT2D eigenvalue weighted by Gasteiger charge is -2.14. The van der Waals surface area contributed by atoms with E-state index in [9.17, 15) is 23.1 Å². The monoisotopic (exact) mass is 555 g/mol. The fourth-order valence-corrected chi connectivity index (χ4v) is 6.27. The average Bonchev–Trinajstić information content (AvgIpc) is 3.22. The first-order valence-corrected chi connectivity index (χ1v) is 13.7. The Morgan fingerprint density at radius 1 is 1.09 bits per heavy atom. The van der Waals surface area contributed by atoms with Gasteiger partial charge in [-0.05, 0) is 54.1 Å². The third-order valence-electron chi connectivity index (χ3n) is 4.70. The standard InChI is InChI=1S/C21H15Cl2N3O5S3/c1-32-13-4-2-11-8-18(27)26(20(28)14(11)10-13)16-5-3-12(9-15(16)22)24-21(29)25-34(30,31)19-7-6-17(23)33-19/h2-10,28H,1H3,(H2,24,25,29). The van der Waals surface area contributed by atoms with Gasteiger partial charge in [-0.25, -0.2) is 22.5 Å². The Hall–Kier alpha value is -2.70. The summed E-state index contributed by atoms with van der Waals surface area (Å²) in [4.78, 5) is 25.8. The van der Waals surface area contributed by atoms with E-state index in [1.165, 1.54) is 48.2 Å². The van der Waals surface area contributed by atoms with Gasteiger partial charge in [0, 0.05) is 22.0 Å². The van der Waals surface area contributed by atoms with Crippen molar-refractivity contribution in [1.82, 2.24) is 9.29 Å². The molecule has 0 bridgehead atoms. The summed E-state index contributed by atoms with van der Waals surface area (Å²) in [6, 6.07) is 12.6. The van der Waals surface area contributed by atoms with Crippen LogP contribution in [0.3, 0.4) is 0 Å². The number of hydrogen-bond donors (Lipinski definition) is 3. The Morgan fingerprint density at radius 3 is 2.50 bits per heavy atom. The normalized spacial score (nSPS) is 11.5. The number of thiophene rings is 1. The smallest absolute Gasteiger partial charge is 0.333 e. The average molecular weight is 556 g/mol. The molecule has 0 fully saturated rings. The number of fused-ring (bicyclic) bond motifs is 1. The minimum Gasteiger partial charge on any atom is -0.494 e. The van der Waals surface area contributed by atoms with E-state index >= 15 is 0 Å². The predicted molar refractivity (Wildman–Crippen MR) is 137 cm³/mol. The number of sulfonamides is 1. The minimum atomic E-state index is -4.10. The zero-order valence-electron chi connectivity index (χ0n) is 17.2. The van der Waals surface area contributed by atoms with Gasteiger partial charge in [0.25, 0.3) is 15.6 Å². The molecule has 2 amide bonds. The predicted octanol–water partition coefficient (Wildman–Crippen LogP) is 5.30. The summed E-state index contributed by atoms with van der Waals surface area (Å²) >= 11 is 14.4. The quantitative estimate of drug-likeness (QED) is 0.288. The molecule has 0 unspecified atom stereocenters. The Labute approximate surface area is 212 Å². The highest BCUT2D eigenvalue weighted by atomic mass is 35.5. The number of anilines is 1. The lowest BCUT2D eigenvalue weighted by Crippen LogP contribution is -2.33. The summed E-state index contributed by atoms with van der Waals surface area (Å²) < 4.78 is 27.6. The number of hydrogen-bond acceptors (Lipinski definition) is 7. The number of nitrogens with zero attached hydrogens (tertiary/aromatic N) is 1. The van der Waals surface area contributed by atoms with E-state index in [0.29, 0.717) is 10.8 Å². The van der Waals surface area contributed by atoms with E-state index in [4.69, 9.17) is 23.2 Å². The summed E-state index contributed by atoms with van der Waals surface area (Å²) in [7, 11) is -4.10. The highest BCUT2D eigenvalue weighted by Gasteiger charge is 2.20.